The van der Waals surface area contributed by atoms with E-state index in [1.807, 2.05) is 23.9 Å². The van der Waals surface area contributed by atoms with Gasteiger partial charge in [0.15, 0.2) is 12.0 Å². The van der Waals surface area contributed by atoms with Gasteiger partial charge in [0.1, 0.15) is 5.52 Å². The summed E-state index contributed by atoms with van der Waals surface area (Å²) >= 11 is 0. The second kappa shape index (κ2) is 4.45. The second-order valence-electron chi connectivity index (χ2n) is 5.29. The topological polar surface area (TPSA) is 55.9 Å². The highest BCUT2D eigenvalue weighted by Crippen LogP contribution is 2.32. The van der Waals surface area contributed by atoms with Crippen LogP contribution in [0.5, 0.6) is 0 Å². The number of hydrogen-bond acceptors (Lipinski definition) is 4. The molecular formula is C15H16N4O. The van der Waals surface area contributed by atoms with Gasteiger partial charge >= 0.3 is 0 Å². The summed E-state index contributed by atoms with van der Waals surface area (Å²) in [6.45, 7) is 1.07. The quantitative estimate of drug-likeness (QED) is 0.776. The molecule has 3 heterocycles. The molecular weight excluding hydrogens is 252 g/mol. The summed E-state index contributed by atoms with van der Waals surface area (Å²) in [4.78, 5) is 4.16. The fraction of sp³-hybridized carbons (Fsp3) is 0.333. The van der Waals surface area contributed by atoms with Gasteiger partial charge in [-0.3, -0.25) is 4.68 Å². The van der Waals surface area contributed by atoms with Crippen LogP contribution in [0.25, 0.3) is 22.2 Å². The Morgan fingerprint density at radius 2 is 2.35 bits per heavy atom. The molecule has 0 saturated carbocycles. The lowest BCUT2D eigenvalue weighted by Crippen LogP contribution is -2.14. The molecule has 3 aromatic rings. The van der Waals surface area contributed by atoms with Crippen molar-refractivity contribution in [2.45, 2.75) is 18.9 Å². The van der Waals surface area contributed by atoms with E-state index < -0.39 is 0 Å². The van der Waals surface area contributed by atoms with Crippen molar-refractivity contribution in [3.8, 4) is 11.1 Å². The minimum atomic E-state index is 0.358. The summed E-state index contributed by atoms with van der Waals surface area (Å²) in [6, 6.07) is 6.47. The molecule has 4 rings (SSSR count). The van der Waals surface area contributed by atoms with Crippen LogP contribution in [0.2, 0.25) is 0 Å². The summed E-state index contributed by atoms with van der Waals surface area (Å²) in [5.41, 5.74) is 5.13. The van der Waals surface area contributed by atoms with Gasteiger partial charge in [-0.1, -0.05) is 6.07 Å². The Balaban J connectivity index is 1.83. The van der Waals surface area contributed by atoms with Crippen LogP contribution >= 0.6 is 0 Å². The summed E-state index contributed by atoms with van der Waals surface area (Å²) in [7, 11) is 1.97. The fourth-order valence-electron chi connectivity index (χ4n) is 2.93. The third-order valence-electron chi connectivity index (χ3n) is 3.89. The lowest BCUT2D eigenvalue weighted by molar-refractivity contribution is 0.602. The molecule has 0 aliphatic carbocycles. The van der Waals surface area contributed by atoms with E-state index in [0.717, 1.165) is 35.3 Å². The van der Waals surface area contributed by atoms with E-state index in [-0.39, 0.29) is 0 Å². The number of nitrogens with one attached hydrogen (secondary N) is 1. The smallest absolute Gasteiger partial charge is 0.181 e. The van der Waals surface area contributed by atoms with Gasteiger partial charge in [0.25, 0.3) is 0 Å². The monoisotopic (exact) mass is 268 g/mol. The summed E-state index contributed by atoms with van der Waals surface area (Å²) in [5.74, 6) is 0. The highest BCUT2D eigenvalue weighted by Gasteiger charge is 2.23. The van der Waals surface area contributed by atoms with Crippen LogP contribution in [-0.2, 0) is 7.05 Å². The third kappa shape index (κ3) is 1.82. The molecule has 102 valence electrons. The maximum atomic E-state index is 5.40. The molecule has 1 fully saturated rings. The zero-order chi connectivity index (χ0) is 13.5. The molecule has 0 radical (unpaired) electrons. The minimum Gasteiger partial charge on any atom is -0.443 e. The average molecular weight is 268 g/mol. The zero-order valence-electron chi connectivity index (χ0n) is 11.3. The van der Waals surface area contributed by atoms with Crippen molar-refractivity contribution >= 4 is 11.1 Å². The molecule has 1 atom stereocenters. The van der Waals surface area contributed by atoms with Crippen LogP contribution in [0, 0.1) is 0 Å². The molecule has 5 nitrogen and oxygen atoms in total. The summed E-state index contributed by atoms with van der Waals surface area (Å²) < 4.78 is 7.28. The van der Waals surface area contributed by atoms with E-state index in [2.05, 4.69) is 27.7 Å². The standard InChI is InChI=1S/C15H16N4O/c1-19-8-11(15(18-19)13-3-2-6-16-13)10-4-5-12-14(7-10)20-9-17-12/h4-5,7-9,13,16H,2-3,6H2,1H3. The Bertz CT molecular complexity index is 752. The maximum absolute atomic E-state index is 5.40. The molecule has 0 amide bonds. The SMILES string of the molecule is Cn1cc(-c2ccc3ncoc3c2)c(C2CCCN2)n1. The Kier molecular flexibility index (Phi) is 2.60. The number of oxazole rings is 1. The largest absolute Gasteiger partial charge is 0.443 e. The zero-order valence-corrected chi connectivity index (χ0v) is 11.3. The van der Waals surface area contributed by atoms with Gasteiger partial charge < -0.3 is 9.73 Å². The first-order valence-corrected chi connectivity index (χ1v) is 6.92. The normalized spacial score (nSPS) is 18.9. The lowest BCUT2D eigenvalue weighted by atomic mass is 10.0. The van der Waals surface area contributed by atoms with Gasteiger partial charge in [-0.25, -0.2) is 4.98 Å². The van der Waals surface area contributed by atoms with Crippen molar-refractivity contribution in [3.05, 3.63) is 36.5 Å². The fourth-order valence-corrected chi connectivity index (χ4v) is 2.93. The van der Waals surface area contributed by atoms with Gasteiger partial charge in [-0.15, -0.1) is 0 Å². The van der Waals surface area contributed by atoms with Crippen molar-refractivity contribution in [2.75, 3.05) is 6.54 Å². The summed E-state index contributed by atoms with van der Waals surface area (Å²) in [5, 5.41) is 8.16. The van der Waals surface area contributed by atoms with Gasteiger partial charge in [-0.05, 0) is 37.1 Å². The van der Waals surface area contributed by atoms with Gasteiger partial charge in [0, 0.05) is 18.8 Å². The molecule has 20 heavy (non-hydrogen) atoms. The Morgan fingerprint density at radius 3 is 3.20 bits per heavy atom. The Morgan fingerprint density at radius 1 is 1.40 bits per heavy atom. The molecule has 1 unspecified atom stereocenters. The van der Waals surface area contributed by atoms with Crippen molar-refractivity contribution in [1.29, 1.82) is 0 Å². The molecule has 0 bridgehead atoms. The van der Waals surface area contributed by atoms with Gasteiger partial charge in [0.2, 0.25) is 0 Å². The molecule has 1 saturated heterocycles. The van der Waals surface area contributed by atoms with E-state index in [1.54, 1.807) is 0 Å². The first kappa shape index (κ1) is 11.7. The van der Waals surface area contributed by atoms with Crippen LogP contribution < -0.4 is 5.32 Å². The molecule has 1 aliphatic heterocycles. The molecule has 2 aromatic heterocycles. The van der Waals surface area contributed by atoms with Crippen LogP contribution in [-0.4, -0.2) is 21.3 Å². The van der Waals surface area contributed by atoms with Crippen molar-refractivity contribution in [3.63, 3.8) is 0 Å². The van der Waals surface area contributed by atoms with Crippen molar-refractivity contribution in [1.82, 2.24) is 20.1 Å². The van der Waals surface area contributed by atoms with E-state index in [1.165, 1.54) is 18.4 Å². The molecule has 0 spiro atoms. The Hall–Kier alpha value is -2.14. The maximum Gasteiger partial charge on any atom is 0.181 e. The minimum absolute atomic E-state index is 0.358. The first-order valence-electron chi connectivity index (χ1n) is 6.92. The third-order valence-corrected chi connectivity index (χ3v) is 3.89. The number of benzene rings is 1. The average Bonchev–Trinajstić information content (AvgIpc) is 3.17. The number of rotatable bonds is 2. The van der Waals surface area contributed by atoms with E-state index in [9.17, 15) is 0 Å². The van der Waals surface area contributed by atoms with Crippen LogP contribution in [0.15, 0.2) is 35.2 Å². The second-order valence-corrected chi connectivity index (χ2v) is 5.29. The Labute approximate surface area is 116 Å². The number of aromatic nitrogens is 3. The number of aryl methyl sites for hydroxylation is 1. The summed E-state index contributed by atoms with van der Waals surface area (Å²) in [6.07, 6.45) is 5.92. The van der Waals surface area contributed by atoms with E-state index in [4.69, 9.17) is 4.42 Å². The molecule has 1 N–H and O–H groups in total. The molecule has 5 heteroatoms. The first-order chi connectivity index (χ1) is 9.81. The molecule has 1 aliphatic rings. The highest BCUT2D eigenvalue weighted by molar-refractivity contribution is 5.80. The predicted octanol–water partition coefficient (Wildman–Crippen LogP) is 2.65. The lowest BCUT2D eigenvalue weighted by Gasteiger charge is -2.09. The number of nitrogens with zero attached hydrogens (tertiary/aromatic N) is 3. The predicted molar refractivity (Wildman–Crippen MR) is 76.2 cm³/mol. The molecule has 1 aromatic carbocycles. The van der Waals surface area contributed by atoms with Crippen LogP contribution in [0.1, 0.15) is 24.6 Å². The van der Waals surface area contributed by atoms with E-state index in [0.29, 0.717) is 6.04 Å². The van der Waals surface area contributed by atoms with Crippen LogP contribution in [0.3, 0.4) is 0 Å². The number of hydrogen-bond donors (Lipinski definition) is 1. The van der Waals surface area contributed by atoms with Crippen molar-refractivity contribution in [2.24, 2.45) is 7.05 Å². The highest BCUT2D eigenvalue weighted by atomic mass is 16.3. The van der Waals surface area contributed by atoms with Gasteiger partial charge in [0.05, 0.1) is 11.7 Å². The van der Waals surface area contributed by atoms with Gasteiger partial charge in [-0.2, -0.15) is 5.10 Å². The van der Waals surface area contributed by atoms with Crippen molar-refractivity contribution < 1.29 is 4.42 Å². The number of fused-ring (bicyclic) bond motifs is 1. The van der Waals surface area contributed by atoms with E-state index >= 15 is 0 Å². The van der Waals surface area contributed by atoms with Crippen LogP contribution in [0.4, 0.5) is 0 Å².